The van der Waals surface area contributed by atoms with Crippen molar-refractivity contribution in [2.75, 3.05) is 13.7 Å². The highest BCUT2D eigenvalue weighted by Crippen LogP contribution is 2.36. The number of methoxy groups -OCH3 is 1. The van der Waals surface area contributed by atoms with Crippen LogP contribution in [-0.2, 0) is 11.2 Å². The lowest BCUT2D eigenvalue weighted by Gasteiger charge is -2.22. The molecule has 1 heterocycles. The number of carbonyl (C=O) groups is 1. The summed E-state index contributed by atoms with van der Waals surface area (Å²) in [5, 5.41) is 1.27. The third-order valence-corrected chi connectivity index (χ3v) is 7.48. The van der Waals surface area contributed by atoms with E-state index in [0.717, 1.165) is 36.3 Å². The fraction of sp³-hybridized carbons (Fsp3) is 0.444. The summed E-state index contributed by atoms with van der Waals surface area (Å²) in [4.78, 5) is 13.2. The predicted molar refractivity (Wildman–Crippen MR) is 131 cm³/mol. The van der Waals surface area contributed by atoms with Gasteiger partial charge in [-0.3, -0.25) is 4.79 Å². The van der Waals surface area contributed by atoms with Crippen molar-refractivity contribution in [3.8, 4) is 11.5 Å². The van der Waals surface area contributed by atoms with Crippen molar-refractivity contribution in [1.29, 1.82) is 0 Å². The zero-order chi connectivity index (χ0) is 22.6. The van der Waals surface area contributed by atoms with Gasteiger partial charge in [-0.25, -0.2) is 0 Å². The Balaban J connectivity index is 1.65. The second kappa shape index (κ2) is 9.86. The third-order valence-electron chi connectivity index (χ3n) is 6.20. The SMILES string of the molecule is CCC(CCc1ccc(OCC(C)(C)C(C)=O)c(C)c1)c1cc2cc(OC)ccc2s1. The number of ether oxygens (including phenoxy) is 2. The van der Waals surface area contributed by atoms with Crippen molar-refractivity contribution in [3.63, 3.8) is 0 Å². The van der Waals surface area contributed by atoms with Crippen LogP contribution in [0.15, 0.2) is 42.5 Å². The number of rotatable bonds is 10. The maximum atomic E-state index is 11.7. The minimum Gasteiger partial charge on any atom is -0.497 e. The highest BCUT2D eigenvalue weighted by atomic mass is 32.1. The van der Waals surface area contributed by atoms with Gasteiger partial charge in [0.15, 0.2) is 0 Å². The summed E-state index contributed by atoms with van der Waals surface area (Å²) in [6, 6.07) is 15.1. The first kappa shape index (κ1) is 23.3. The maximum Gasteiger partial charge on any atom is 0.138 e. The van der Waals surface area contributed by atoms with Gasteiger partial charge < -0.3 is 9.47 Å². The smallest absolute Gasteiger partial charge is 0.138 e. The summed E-state index contributed by atoms with van der Waals surface area (Å²) in [6.07, 6.45) is 3.29. The van der Waals surface area contributed by atoms with E-state index < -0.39 is 5.41 Å². The van der Waals surface area contributed by atoms with Crippen LogP contribution >= 0.6 is 11.3 Å². The molecule has 1 atom stereocenters. The Bertz CT molecular complexity index is 1050. The molecular weight excluding hydrogens is 404 g/mol. The number of Topliss-reactive ketones (excluding diaryl/α,β-unsaturated/α-hetero) is 1. The van der Waals surface area contributed by atoms with Crippen molar-refractivity contribution < 1.29 is 14.3 Å². The lowest BCUT2D eigenvalue weighted by Crippen LogP contribution is -2.29. The first-order valence-electron chi connectivity index (χ1n) is 11.0. The second-order valence-electron chi connectivity index (χ2n) is 9.02. The second-order valence-corrected chi connectivity index (χ2v) is 10.1. The lowest BCUT2D eigenvalue weighted by atomic mass is 9.90. The van der Waals surface area contributed by atoms with Gasteiger partial charge in [-0.15, -0.1) is 11.3 Å². The van der Waals surface area contributed by atoms with Crippen LogP contribution in [0.25, 0.3) is 10.1 Å². The number of fused-ring (bicyclic) bond motifs is 1. The number of carbonyl (C=O) groups excluding carboxylic acids is 1. The zero-order valence-electron chi connectivity index (χ0n) is 19.6. The Morgan fingerprint density at radius 1 is 1.13 bits per heavy atom. The summed E-state index contributed by atoms with van der Waals surface area (Å²) in [5.41, 5.74) is 1.99. The van der Waals surface area contributed by atoms with Gasteiger partial charge >= 0.3 is 0 Å². The molecule has 0 N–H and O–H groups in total. The maximum absolute atomic E-state index is 11.7. The van der Waals surface area contributed by atoms with Crippen LogP contribution in [0.2, 0.25) is 0 Å². The monoisotopic (exact) mass is 438 g/mol. The molecule has 0 aliphatic rings. The standard InChI is InChI=1S/C27H34O3S/c1-7-21(26-16-22-15-23(29-6)11-13-25(22)31-26)10-8-20-9-12-24(18(2)14-20)30-17-27(4,5)19(3)28/h9,11-16,21H,7-8,10,17H2,1-6H3. The molecule has 0 radical (unpaired) electrons. The van der Waals surface area contributed by atoms with E-state index in [-0.39, 0.29) is 5.78 Å². The number of thiophene rings is 1. The number of aryl methyl sites for hydroxylation is 2. The Kier molecular flexibility index (Phi) is 7.42. The Morgan fingerprint density at radius 3 is 2.55 bits per heavy atom. The normalized spacial score (nSPS) is 12.7. The van der Waals surface area contributed by atoms with Crippen molar-refractivity contribution >= 4 is 27.2 Å². The van der Waals surface area contributed by atoms with Gasteiger partial charge in [0.25, 0.3) is 0 Å². The van der Waals surface area contributed by atoms with Crippen molar-refractivity contribution in [1.82, 2.24) is 0 Å². The molecule has 0 saturated heterocycles. The molecule has 0 fully saturated rings. The first-order valence-corrected chi connectivity index (χ1v) is 11.9. The molecule has 0 saturated carbocycles. The Hall–Kier alpha value is -2.33. The van der Waals surface area contributed by atoms with Gasteiger partial charge in [0.05, 0.1) is 12.5 Å². The first-order chi connectivity index (χ1) is 14.7. The van der Waals surface area contributed by atoms with Gasteiger partial charge in [-0.2, -0.15) is 0 Å². The fourth-order valence-corrected chi connectivity index (χ4v) is 4.91. The number of hydrogen-bond donors (Lipinski definition) is 0. The van der Waals surface area contributed by atoms with E-state index in [2.05, 4.69) is 44.2 Å². The Labute approximate surface area is 190 Å². The molecule has 3 rings (SSSR count). The van der Waals surface area contributed by atoms with Crippen LogP contribution in [0.1, 0.15) is 62.5 Å². The van der Waals surface area contributed by atoms with E-state index in [9.17, 15) is 4.79 Å². The van der Waals surface area contributed by atoms with Crippen LogP contribution in [0.4, 0.5) is 0 Å². The molecule has 166 valence electrons. The van der Waals surface area contributed by atoms with E-state index in [1.54, 1.807) is 14.0 Å². The van der Waals surface area contributed by atoms with Crippen molar-refractivity contribution in [2.24, 2.45) is 5.41 Å². The Morgan fingerprint density at radius 2 is 1.90 bits per heavy atom. The molecule has 0 aliphatic heterocycles. The molecule has 3 aromatic rings. The van der Waals surface area contributed by atoms with Crippen LogP contribution in [-0.4, -0.2) is 19.5 Å². The molecule has 31 heavy (non-hydrogen) atoms. The average molecular weight is 439 g/mol. The molecule has 1 aromatic heterocycles. The summed E-state index contributed by atoms with van der Waals surface area (Å²) in [6.45, 7) is 10.2. The number of benzene rings is 2. The number of ketones is 1. The van der Waals surface area contributed by atoms with Crippen LogP contribution < -0.4 is 9.47 Å². The molecule has 0 amide bonds. The van der Waals surface area contributed by atoms with Gasteiger partial charge in [0.2, 0.25) is 0 Å². The van der Waals surface area contributed by atoms with E-state index in [0.29, 0.717) is 12.5 Å². The highest BCUT2D eigenvalue weighted by molar-refractivity contribution is 7.19. The van der Waals surface area contributed by atoms with E-state index in [1.807, 2.05) is 37.3 Å². The third kappa shape index (κ3) is 5.68. The fourth-order valence-electron chi connectivity index (χ4n) is 3.65. The lowest BCUT2D eigenvalue weighted by molar-refractivity contribution is -0.126. The minimum atomic E-state index is -0.465. The molecule has 0 aliphatic carbocycles. The van der Waals surface area contributed by atoms with Crippen LogP contribution in [0, 0.1) is 12.3 Å². The zero-order valence-corrected chi connectivity index (χ0v) is 20.4. The van der Waals surface area contributed by atoms with Gasteiger partial charge in [0.1, 0.15) is 23.9 Å². The van der Waals surface area contributed by atoms with E-state index >= 15 is 0 Å². The van der Waals surface area contributed by atoms with Crippen LogP contribution in [0.3, 0.4) is 0 Å². The molecule has 2 aromatic carbocycles. The van der Waals surface area contributed by atoms with Crippen molar-refractivity contribution in [3.05, 3.63) is 58.5 Å². The van der Waals surface area contributed by atoms with E-state index in [4.69, 9.17) is 9.47 Å². The average Bonchev–Trinajstić information content (AvgIpc) is 3.16. The molecule has 4 heteroatoms. The summed E-state index contributed by atoms with van der Waals surface area (Å²) >= 11 is 1.90. The molecular formula is C27H34O3S. The van der Waals surface area contributed by atoms with Crippen molar-refractivity contribution in [2.45, 2.75) is 59.8 Å². The molecule has 1 unspecified atom stereocenters. The summed E-state index contributed by atoms with van der Waals surface area (Å²) < 4.78 is 12.6. The minimum absolute atomic E-state index is 0.145. The topological polar surface area (TPSA) is 35.5 Å². The van der Waals surface area contributed by atoms with Crippen LogP contribution in [0.5, 0.6) is 11.5 Å². The summed E-state index contributed by atoms with van der Waals surface area (Å²) in [5.74, 6) is 2.47. The quantitative estimate of drug-likeness (QED) is 0.332. The largest absolute Gasteiger partial charge is 0.497 e. The molecule has 3 nitrogen and oxygen atoms in total. The molecule has 0 bridgehead atoms. The number of hydrogen-bond acceptors (Lipinski definition) is 4. The van der Waals surface area contributed by atoms with Gasteiger partial charge in [-0.1, -0.05) is 19.1 Å². The highest BCUT2D eigenvalue weighted by Gasteiger charge is 2.24. The molecule has 0 spiro atoms. The summed E-state index contributed by atoms with van der Waals surface area (Å²) in [7, 11) is 1.71. The predicted octanol–water partition coefficient (Wildman–Crippen LogP) is 7.34. The van der Waals surface area contributed by atoms with Gasteiger partial charge in [0, 0.05) is 9.58 Å². The van der Waals surface area contributed by atoms with Gasteiger partial charge in [-0.05, 0) is 99.7 Å². The van der Waals surface area contributed by atoms with E-state index in [1.165, 1.54) is 20.5 Å².